The van der Waals surface area contributed by atoms with Gasteiger partial charge in [0.25, 0.3) is 0 Å². The van der Waals surface area contributed by atoms with Crippen molar-refractivity contribution in [2.75, 3.05) is 29.9 Å². The lowest BCUT2D eigenvalue weighted by Crippen LogP contribution is -2.52. The molecule has 4 aliphatic rings. The third kappa shape index (κ3) is 4.38. The minimum atomic E-state index is -0.226. The Labute approximate surface area is 212 Å². The predicted octanol–water partition coefficient (Wildman–Crippen LogP) is 2.60. The fourth-order valence-electron chi connectivity index (χ4n) is 6.13. The van der Waals surface area contributed by atoms with Crippen LogP contribution in [-0.4, -0.2) is 66.0 Å². The highest BCUT2D eigenvalue weighted by Crippen LogP contribution is 2.41. The number of ether oxygens (including phenoxy) is 1. The second-order valence-corrected chi connectivity index (χ2v) is 10.8. The van der Waals surface area contributed by atoms with Gasteiger partial charge in [-0.05, 0) is 69.4 Å². The molecule has 1 saturated carbocycles. The first-order chi connectivity index (χ1) is 17.5. The molecule has 4 heterocycles. The zero-order chi connectivity index (χ0) is 24.8. The van der Waals surface area contributed by atoms with Crippen LogP contribution in [0, 0.1) is 23.2 Å². The van der Waals surface area contributed by atoms with Gasteiger partial charge in [-0.25, -0.2) is 15.4 Å². The van der Waals surface area contributed by atoms with Gasteiger partial charge in [0.1, 0.15) is 12.0 Å². The summed E-state index contributed by atoms with van der Waals surface area (Å²) in [5.74, 6) is 1.38. The van der Waals surface area contributed by atoms with Crippen LogP contribution in [0.15, 0.2) is 30.3 Å². The van der Waals surface area contributed by atoms with Crippen molar-refractivity contribution in [3.05, 3.63) is 30.3 Å². The molecule has 0 radical (unpaired) electrons. The van der Waals surface area contributed by atoms with Crippen LogP contribution in [0.3, 0.4) is 0 Å². The van der Waals surface area contributed by atoms with Gasteiger partial charge in [0, 0.05) is 36.2 Å². The Morgan fingerprint density at radius 1 is 1.25 bits per heavy atom. The number of carbonyl (C=O) groups excluding carboxylic acids is 1. The van der Waals surface area contributed by atoms with E-state index in [1.807, 2.05) is 12.1 Å². The Morgan fingerprint density at radius 2 is 2.11 bits per heavy atom. The molecule has 9 nitrogen and oxygen atoms in total. The van der Waals surface area contributed by atoms with Gasteiger partial charge in [0.15, 0.2) is 0 Å². The van der Waals surface area contributed by atoms with Crippen molar-refractivity contribution < 1.29 is 9.53 Å². The number of nitrogens with one attached hydrogen (secondary N) is 3. The lowest BCUT2D eigenvalue weighted by atomic mass is 9.90. The fourth-order valence-corrected chi connectivity index (χ4v) is 6.13. The molecule has 1 amide bonds. The molecule has 36 heavy (non-hydrogen) atoms. The van der Waals surface area contributed by atoms with Gasteiger partial charge < -0.3 is 20.3 Å². The summed E-state index contributed by atoms with van der Waals surface area (Å²) < 4.78 is 5.77. The van der Waals surface area contributed by atoms with Crippen LogP contribution >= 0.6 is 0 Å². The molecule has 3 aliphatic heterocycles. The molecule has 0 bridgehead atoms. The summed E-state index contributed by atoms with van der Waals surface area (Å²) in [7, 11) is 0. The Kier molecular flexibility index (Phi) is 6.20. The van der Waals surface area contributed by atoms with Crippen LogP contribution in [-0.2, 0) is 9.53 Å². The molecule has 1 aromatic carbocycles. The van der Waals surface area contributed by atoms with Crippen molar-refractivity contribution in [2.24, 2.45) is 11.8 Å². The van der Waals surface area contributed by atoms with E-state index in [9.17, 15) is 10.1 Å². The Hall–Kier alpha value is -2.93. The van der Waals surface area contributed by atoms with Crippen LogP contribution in [0.1, 0.15) is 39.5 Å². The summed E-state index contributed by atoms with van der Waals surface area (Å²) >= 11 is 0. The van der Waals surface area contributed by atoms with E-state index in [1.54, 1.807) is 0 Å². The topological polar surface area (TPSA) is 106 Å². The van der Waals surface area contributed by atoms with Gasteiger partial charge in [0.2, 0.25) is 5.91 Å². The number of piperidine rings is 1. The molecule has 3 N–H and O–H groups in total. The number of hydrazine groups is 1. The molecule has 1 aromatic heterocycles. The minimum Gasteiger partial charge on any atom is -0.375 e. The molecule has 3 saturated heterocycles. The van der Waals surface area contributed by atoms with Gasteiger partial charge >= 0.3 is 0 Å². The number of nitrogens with zero attached hydrogens (tertiary/aromatic N) is 4. The Balaban J connectivity index is 1.23. The summed E-state index contributed by atoms with van der Waals surface area (Å²) in [4.78, 5) is 20.2. The standard InChI is InChI=1S/C27H35N7O2/c1-16-15-36-17(2)14-33(16)24-8-5-19-13-20(6-7-21(19)31-24)30-26-25-23(10-12-29-27(25)35)34(32-26)22(9-11-28)18-3-4-18/h5-8,13,16-18,22-23,25-26,30,32H,3-4,9-10,12,14-15H2,1-2H3,(H,29,35)/t16-,17-,22+,23?,25?,26?/m1/s1. The van der Waals surface area contributed by atoms with Crippen LogP contribution < -0.4 is 21.0 Å². The number of hydrogen-bond donors (Lipinski definition) is 3. The second-order valence-electron chi connectivity index (χ2n) is 10.8. The van der Waals surface area contributed by atoms with Gasteiger partial charge in [-0.15, -0.1) is 0 Å². The van der Waals surface area contributed by atoms with Gasteiger partial charge in [-0.3, -0.25) is 4.79 Å². The molecule has 190 valence electrons. The maximum Gasteiger partial charge on any atom is 0.228 e. The van der Waals surface area contributed by atoms with E-state index >= 15 is 0 Å². The molecule has 4 fully saturated rings. The minimum absolute atomic E-state index is 0.0752. The van der Waals surface area contributed by atoms with Crippen molar-refractivity contribution >= 4 is 28.3 Å². The molecule has 1 aliphatic carbocycles. The molecule has 2 aromatic rings. The van der Waals surface area contributed by atoms with E-state index < -0.39 is 0 Å². The number of rotatable bonds is 6. The van der Waals surface area contributed by atoms with Crippen LogP contribution in [0.5, 0.6) is 0 Å². The molecule has 9 heteroatoms. The first-order valence-corrected chi connectivity index (χ1v) is 13.3. The zero-order valence-electron chi connectivity index (χ0n) is 21.0. The third-order valence-corrected chi connectivity index (χ3v) is 8.18. The monoisotopic (exact) mass is 489 g/mol. The van der Waals surface area contributed by atoms with Crippen LogP contribution in [0.25, 0.3) is 10.9 Å². The molecule has 6 atom stereocenters. The number of benzene rings is 1. The summed E-state index contributed by atoms with van der Waals surface area (Å²) in [6.45, 7) is 6.49. The summed E-state index contributed by atoms with van der Waals surface area (Å²) in [5, 5.41) is 19.4. The number of carbonyl (C=O) groups is 1. The van der Waals surface area contributed by atoms with Crippen molar-refractivity contribution in [3.63, 3.8) is 0 Å². The molecule has 3 unspecified atom stereocenters. The van der Waals surface area contributed by atoms with E-state index in [1.165, 1.54) is 0 Å². The molecule has 6 rings (SSSR count). The van der Waals surface area contributed by atoms with E-state index in [-0.39, 0.29) is 36.2 Å². The number of anilines is 2. The smallest absolute Gasteiger partial charge is 0.228 e. The maximum absolute atomic E-state index is 12.9. The van der Waals surface area contributed by atoms with Crippen molar-refractivity contribution in [1.29, 1.82) is 5.26 Å². The van der Waals surface area contributed by atoms with Crippen molar-refractivity contribution in [3.8, 4) is 6.07 Å². The molecular weight excluding hydrogens is 454 g/mol. The van der Waals surface area contributed by atoms with Crippen molar-refractivity contribution in [2.45, 2.75) is 69.9 Å². The highest BCUT2D eigenvalue weighted by molar-refractivity contribution is 5.85. The van der Waals surface area contributed by atoms with Gasteiger partial charge in [-0.1, -0.05) is 0 Å². The molecule has 0 spiro atoms. The van der Waals surface area contributed by atoms with E-state index in [2.05, 4.69) is 64.1 Å². The van der Waals surface area contributed by atoms with E-state index in [4.69, 9.17) is 9.72 Å². The number of nitriles is 1. The van der Waals surface area contributed by atoms with Crippen LogP contribution in [0.2, 0.25) is 0 Å². The predicted molar refractivity (Wildman–Crippen MR) is 138 cm³/mol. The third-order valence-electron chi connectivity index (χ3n) is 8.18. The lowest BCUT2D eigenvalue weighted by Gasteiger charge is -2.37. The van der Waals surface area contributed by atoms with Gasteiger partial charge in [0.05, 0.1) is 42.7 Å². The number of hydrogen-bond acceptors (Lipinski definition) is 8. The fraction of sp³-hybridized carbons (Fsp3) is 0.593. The largest absolute Gasteiger partial charge is 0.375 e. The highest BCUT2D eigenvalue weighted by Gasteiger charge is 2.51. The summed E-state index contributed by atoms with van der Waals surface area (Å²) in [6, 6.07) is 13.3. The van der Waals surface area contributed by atoms with E-state index in [0.29, 0.717) is 31.5 Å². The molecular formula is C27H35N7O2. The quantitative estimate of drug-likeness (QED) is 0.569. The van der Waals surface area contributed by atoms with E-state index in [0.717, 1.165) is 48.2 Å². The van der Waals surface area contributed by atoms with Crippen LogP contribution in [0.4, 0.5) is 11.5 Å². The Morgan fingerprint density at radius 3 is 2.92 bits per heavy atom. The first-order valence-electron chi connectivity index (χ1n) is 13.3. The normalized spacial score (nSPS) is 31.5. The number of pyridine rings is 1. The zero-order valence-corrected chi connectivity index (χ0v) is 21.0. The summed E-state index contributed by atoms with van der Waals surface area (Å²) in [6.07, 6.45) is 3.66. The average molecular weight is 490 g/mol. The number of morpholine rings is 1. The lowest BCUT2D eigenvalue weighted by molar-refractivity contribution is -0.128. The second kappa shape index (κ2) is 9.51. The van der Waals surface area contributed by atoms with Gasteiger partial charge in [-0.2, -0.15) is 5.26 Å². The number of aromatic nitrogens is 1. The SMILES string of the molecule is C[C@@H]1CN(c2ccc3cc(NC4NN([C@@H](CC#N)C5CC5)C5CCNC(=O)C45)ccc3n2)[C@H](C)CO1. The first kappa shape index (κ1) is 23.5. The number of fused-ring (bicyclic) bond motifs is 2. The highest BCUT2D eigenvalue weighted by atomic mass is 16.5. The number of amides is 1. The average Bonchev–Trinajstić information content (AvgIpc) is 3.66. The Bertz CT molecular complexity index is 1180. The van der Waals surface area contributed by atoms with Crippen molar-refractivity contribution in [1.82, 2.24) is 20.7 Å². The summed E-state index contributed by atoms with van der Waals surface area (Å²) in [5.41, 5.74) is 5.50. The maximum atomic E-state index is 12.9.